The summed E-state index contributed by atoms with van der Waals surface area (Å²) in [4.78, 5) is 6.39. The summed E-state index contributed by atoms with van der Waals surface area (Å²) in [7, 11) is 2.02. The van der Waals surface area contributed by atoms with Crippen molar-refractivity contribution in [3.8, 4) is 11.4 Å². The molecule has 0 aliphatic heterocycles. The van der Waals surface area contributed by atoms with E-state index in [-0.39, 0.29) is 0 Å². The van der Waals surface area contributed by atoms with Gasteiger partial charge in [0.2, 0.25) is 0 Å². The Morgan fingerprint density at radius 2 is 1.96 bits per heavy atom. The number of halogens is 1. The molecule has 23 heavy (non-hydrogen) atoms. The third-order valence-electron chi connectivity index (χ3n) is 3.40. The Balaban J connectivity index is 1.64. The van der Waals surface area contributed by atoms with Crippen molar-refractivity contribution < 1.29 is 0 Å². The van der Waals surface area contributed by atoms with Gasteiger partial charge in [0.15, 0.2) is 5.82 Å². The third kappa shape index (κ3) is 3.99. The minimum atomic E-state index is 0.657. The molecule has 116 valence electrons. The molecule has 0 saturated heterocycles. The van der Waals surface area contributed by atoms with Crippen molar-refractivity contribution in [3.63, 3.8) is 0 Å². The highest BCUT2D eigenvalue weighted by Gasteiger charge is 2.04. The SMILES string of the molecule is CN(/C=C/Cn1cnc(-c2cccc(Cl)c2)n1)c1ccccc1. The van der Waals surface area contributed by atoms with Crippen LogP contribution in [0.3, 0.4) is 0 Å². The summed E-state index contributed by atoms with van der Waals surface area (Å²) >= 11 is 6.00. The molecule has 5 heteroatoms. The van der Waals surface area contributed by atoms with Crippen LogP contribution in [0.1, 0.15) is 0 Å². The minimum Gasteiger partial charge on any atom is -0.351 e. The van der Waals surface area contributed by atoms with E-state index in [1.165, 1.54) is 0 Å². The molecule has 0 amide bonds. The predicted octanol–water partition coefficient (Wildman–Crippen LogP) is 4.25. The number of hydrogen-bond donors (Lipinski definition) is 0. The Bertz CT molecular complexity index is 796. The number of anilines is 1. The molecular formula is C18H17ClN4. The molecule has 4 nitrogen and oxygen atoms in total. The van der Waals surface area contributed by atoms with Crippen molar-refractivity contribution in [3.05, 3.63) is 78.2 Å². The van der Waals surface area contributed by atoms with Crippen LogP contribution >= 0.6 is 11.6 Å². The number of para-hydroxylation sites is 1. The first kappa shape index (κ1) is 15.3. The van der Waals surface area contributed by atoms with Gasteiger partial charge >= 0.3 is 0 Å². The van der Waals surface area contributed by atoms with E-state index in [0.29, 0.717) is 17.4 Å². The van der Waals surface area contributed by atoms with Gasteiger partial charge in [-0.15, -0.1) is 0 Å². The number of allylic oxidation sites excluding steroid dienone is 1. The molecule has 0 radical (unpaired) electrons. The van der Waals surface area contributed by atoms with E-state index in [1.54, 1.807) is 11.0 Å². The zero-order valence-electron chi connectivity index (χ0n) is 12.8. The molecule has 0 aliphatic rings. The van der Waals surface area contributed by atoms with Crippen LogP contribution in [0.4, 0.5) is 5.69 Å². The van der Waals surface area contributed by atoms with Crippen LogP contribution in [0.2, 0.25) is 5.02 Å². The highest BCUT2D eigenvalue weighted by atomic mass is 35.5. The second-order valence-corrected chi connectivity index (χ2v) is 5.57. The van der Waals surface area contributed by atoms with Crippen molar-refractivity contribution in [2.45, 2.75) is 6.54 Å². The summed E-state index contributed by atoms with van der Waals surface area (Å²) in [6.45, 7) is 0.657. The van der Waals surface area contributed by atoms with Crippen LogP contribution in [-0.4, -0.2) is 21.8 Å². The minimum absolute atomic E-state index is 0.657. The lowest BCUT2D eigenvalue weighted by Gasteiger charge is -2.13. The van der Waals surface area contributed by atoms with Crippen molar-refractivity contribution in [1.82, 2.24) is 14.8 Å². The van der Waals surface area contributed by atoms with Gasteiger partial charge in [-0.2, -0.15) is 5.10 Å². The monoisotopic (exact) mass is 324 g/mol. The molecule has 0 atom stereocenters. The van der Waals surface area contributed by atoms with Gasteiger partial charge in [0.1, 0.15) is 6.33 Å². The van der Waals surface area contributed by atoms with Crippen molar-refractivity contribution in [1.29, 1.82) is 0 Å². The molecule has 0 N–H and O–H groups in total. The predicted molar refractivity (Wildman–Crippen MR) is 94.5 cm³/mol. The molecule has 0 spiro atoms. The van der Waals surface area contributed by atoms with Gasteiger partial charge in [0.05, 0.1) is 6.54 Å². The Morgan fingerprint density at radius 1 is 1.13 bits per heavy atom. The van der Waals surface area contributed by atoms with Crippen LogP contribution in [0.25, 0.3) is 11.4 Å². The molecule has 1 heterocycles. The first-order chi connectivity index (χ1) is 11.2. The lowest BCUT2D eigenvalue weighted by atomic mass is 10.2. The van der Waals surface area contributed by atoms with Gasteiger partial charge in [-0.25, -0.2) is 9.67 Å². The van der Waals surface area contributed by atoms with E-state index in [2.05, 4.69) is 27.1 Å². The summed E-state index contributed by atoms with van der Waals surface area (Å²) in [5, 5.41) is 5.15. The molecule has 0 unspecified atom stereocenters. The van der Waals surface area contributed by atoms with E-state index in [0.717, 1.165) is 11.3 Å². The molecule has 0 saturated carbocycles. The summed E-state index contributed by atoms with van der Waals surface area (Å²) in [5.74, 6) is 0.678. The maximum atomic E-state index is 6.00. The molecule has 0 bridgehead atoms. The fourth-order valence-electron chi connectivity index (χ4n) is 2.20. The van der Waals surface area contributed by atoms with Crippen LogP contribution in [0.15, 0.2) is 73.2 Å². The normalized spacial score (nSPS) is 11.0. The average molecular weight is 325 g/mol. The van der Waals surface area contributed by atoms with E-state index in [4.69, 9.17) is 11.6 Å². The highest BCUT2D eigenvalue weighted by Crippen LogP contribution is 2.18. The van der Waals surface area contributed by atoms with E-state index >= 15 is 0 Å². The highest BCUT2D eigenvalue weighted by molar-refractivity contribution is 6.30. The lowest BCUT2D eigenvalue weighted by molar-refractivity contribution is 0.700. The second-order valence-electron chi connectivity index (χ2n) is 5.13. The fraction of sp³-hybridized carbons (Fsp3) is 0.111. The number of hydrogen-bond acceptors (Lipinski definition) is 3. The quantitative estimate of drug-likeness (QED) is 0.703. The number of rotatable bonds is 5. The second kappa shape index (κ2) is 7.11. The number of benzene rings is 2. The summed E-state index contributed by atoms with van der Waals surface area (Å²) in [6, 6.07) is 17.7. The van der Waals surface area contributed by atoms with E-state index in [1.807, 2.05) is 61.8 Å². The summed E-state index contributed by atoms with van der Waals surface area (Å²) in [5.41, 5.74) is 2.06. The third-order valence-corrected chi connectivity index (χ3v) is 3.64. The first-order valence-corrected chi connectivity index (χ1v) is 7.70. The summed E-state index contributed by atoms with van der Waals surface area (Å²) < 4.78 is 1.80. The van der Waals surface area contributed by atoms with Gasteiger partial charge in [-0.05, 0) is 30.3 Å². The van der Waals surface area contributed by atoms with Gasteiger partial charge in [0.25, 0.3) is 0 Å². The maximum Gasteiger partial charge on any atom is 0.181 e. The Labute approximate surface area is 140 Å². The van der Waals surface area contributed by atoms with Crippen LogP contribution in [0, 0.1) is 0 Å². The largest absolute Gasteiger partial charge is 0.351 e. The Hall–Kier alpha value is -2.59. The van der Waals surface area contributed by atoms with E-state index in [9.17, 15) is 0 Å². The van der Waals surface area contributed by atoms with Crippen LogP contribution in [-0.2, 0) is 6.54 Å². The molecule has 0 aliphatic carbocycles. The van der Waals surface area contributed by atoms with E-state index < -0.39 is 0 Å². The van der Waals surface area contributed by atoms with Gasteiger partial charge in [0, 0.05) is 29.5 Å². The van der Waals surface area contributed by atoms with Crippen molar-refractivity contribution >= 4 is 17.3 Å². The molecule has 2 aromatic carbocycles. The standard InChI is InChI=1S/C18H17ClN4/c1-22(17-9-3-2-4-10-17)11-6-12-23-14-20-18(21-23)15-7-5-8-16(19)13-15/h2-11,13-14H,12H2,1H3/b11-6+. The number of nitrogens with zero attached hydrogens (tertiary/aromatic N) is 4. The smallest absolute Gasteiger partial charge is 0.181 e. The topological polar surface area (TPSA) is 34.0 Å². The van der Waals surface area contributed by atoms with Gasteiger partial charge < -0.3 is 4.90 Å². The average Bonchev–Trinajstić information content (AvgIpc) is 3.04. The van der Waals surface area contributed by atoms with Gasteiger partial charge in [-0.3, -0.25) is 0 Å². The fourth-order valence-corrected chi connectivity index (χ4v) is 2.40. The summed E-state index contributed by atoms with van der Waals surface area (Å²) in [6.07, 6.45) is 5.79. The zero-order chi connectivity index (χ0) is 16.1. The van der Waals surface area contributed by atoms with Gasteiger partial charge in [-0.1, -0.05) is 41.9 Å². The van der Waals surface area contributed by atoms with Crippen molar-refractivity contribution in [2.75, 3.05) is 11.9 Å². The molecular weight excluding hydrogens is 308 g/mol. The Morgan fingerprint density at radius 3 is 2.74 bits per heavy atom. The first-order valence-electron chi connectivity index (χ1n) is 7.32. The molecule has 1 aromatic heterocycles. The van der Waals surface area contributed by atoms with Crippen molar-refractivity contribution in [2.24, 2.45) is 0 Å². The van der Waals surface area contributed by atoms with Crippen LogP contribution in [0.5, 0.6) is 0 Å². The van der Waals surface area contributed by atoms with Crippen LogP contribution < -0.4 is 4.90 Å². The lowest BCUT2D eigenvalue weighted by Crippen LogP contribution is -2.08. The molecule has 0 fully saturated rings. The Kier molecular flexibility index (Phi) is 4.74. The molecule has 3 rings (SSSR count). The zero-order valence-corrected chi connectivity index (χ0v) is 13.6. The molecule has 3 aromatic rings. The number of aromatic nitrogens is 3. The maximum absolute atomic E-state index is 6.00.